The van der Waals surface area contributed by atoms with Crippen LogP contribution in [-0.2, 0) is 25.4 Å². The van der Waals surface area contributed by atoms with Crippen LogP contribution >= 0.6 is 0 Å². The summed E-state index contributed by atoms with van der Waals surface area (Å²) in [6.45, 7) is 6.00. The summed E-state index contributed by atoms with van der Waals surface area (Å²) in [6, 6.07) is 10.5. The van der Waals surface area contributed by atoms with Gasteiger partial charge in [-0.1, -0.05) is 12.1 Å². The minimum atomic E-state index is -3.04. The highest BCUT2D eigenvalue weighted by molar-refractivity contribution is 6.63. The third kappa shape index (κ3) is 5.17. The Morgan fingerprint density at radius 2 is 1.98 bits per heavy atom. The van der Waals surface area contributed by atoms with E-state index < -0.39 is 24.9 Å². The van der Waals surface area contributed by atoms with Crippen molar-refractivity contribution in [2.75, 3.05) is 20.2 Å². The Bertz CT molecular complexity index is 1470. The van der Waals surface area contributed by atoms with Gasteiger partial charge in [0.25, 0.3) is 0 Å². The molecule has 0 radical (unpaired) electrons. The smallest absolute Gasteiger partial charge is 0.469 e. The summed E-state index contributed by atoms with van der Waals surface area (Å²) in [6.07, 6.45) is 0.615. The highest BCUT2D eigenvalue weighted by Gasteiger charge is 2.52. The molecule has 5 rings (SSSR count). The molecule has 1 unspecified atom stereocenters. The number of nitrogens with zero attached hydrogens (tertiary/aromatic N) is 3. The minimum absolute atomic E-state index is 0.0433. The van der Waals surface area contributed by atoms with Gasteiger partial charge in [0.1, 0.15) is 11.3 Å². The van der Waals surface area contributed by atoms with Crippen molar-refractivity contribution in [2.24, 2.45) is 5.92 Å². The molecular weight excluding hydrogens is 523 g/mol. The standard InChI is InChI=1S/C28H30BF2N3O6/c1-27(2)28(3,4)40-29(39-27)20-8-6-7-18(19(20)13-32)24-33-21-11-17(22(38-26(30)31)12-23(21)37-24)15-34-10-9-16(14-34)25(35)36-5/h6-8,11-12,16,26H,9-10,14-15H2,1-5H3. The fraction of sp³-hybridized carbons (Fsp3) is 0.464. The molecule has 0 N–H and O–H groups in total. The molecule has 2 saturated heterocycles. The lowest BCUT2D eigenvalue weighted by molar-refractivity contribution is -0.144. The number of aromatic nitrogens is 1. The van der Waals surface area contributed by atoms with Crippen LogP contribution in [0.2, 0.25) is 0 Å². The first kappa shape index (κ1) is 28.0. The van der Waals surface area contributed by atoms with Gasteiger partial charge in [-0.05, 0) is 52.8 Å². The molecule has 2 aliphatic rings. The molecule has 0 spiro atoms. The number of oxazole rings is 1. The van der Waals surface area contributed by atoms with Gasteiger partial charge in [-0.25, -0.2) is 4.98 Å². The van der Waals surface area contributed by atoms with Crippen LogP contribution in [0.4, 0.5) is 8.78 Å². The number of halogens is 2. The predicted molar refractivity (Wildman–Crippen MR) is 142 cm³/mol. The van der Waals surface area contributed by atoms with E-state index in [0.29, 0.717) is 41.6 Å². The number of fused-ring (bicyclic) bond motifs is 1. The van der Waals surface area contributed by atoms with Gasteiger partial charge in [0, 0.05) is 30.2 Å². The van der Waals surface area contributed by atoms with Crippen LogP contribution in [-0.4, -0.2) is 61.0 Å². The second-order valence-corrected chi connectivity index (χ2v) is 11.0. The monoisotopic (exact) mass is 553 g/mol. The second-order valence-electron chi connectivity index (χ2n) is 11.0. The van der Waals surface area contributed by atoms with Gasteiger partial charge in [-0.3, -0.25) is 9.69 Å². The average molecular weight is 553 g/mol. The number of esters is 1. The fourth-order valence-corrected chi connectivity index (χ4v) is 5.06. The van der Waals surface area contributed by atoms with Crippen LogP contribution in [0.3, 0.4) is 0 Å². The van der Waals surface area contributed by atoms with Crippen LogP contribution in [0.25, 0.3) is 22.6 Å². The molecule has 0 saturated carbocycles. The van der Waals surface area contributed by atoms with E-state index in [9.17, 15) is 18.8 Å². The van der Waals surface area contributed by atoms with E-state index in [1.165, 1.54) is 13.2 Å². The normalized spacial score (nSPS) is 20.3. The lowest BCUT2D eigenvalue weighted by atomic mass is 9.75. The molecule has 1 atom stereocenters. The van der Waals surface area contributed by atoms with Gasteiger partial charge in [-0.15, -0.1) is 0 Å². The lowest BCUT2D eigenvalue weighted by Crippen LogP contribution is -2.41. The maximum Gasteiger partial charge on any atom is 0.496 e. The van der Waals surface area contributed by atoms with Crippen molar-refractivity contribution in [1.82, 2.24) is 9.88 Å². The number of likely N-dealkylation sites (tertiary alicyclic amines) is 1. The van der Waals surface area contributed by atoms with Gasteiger partial charge < -0.3 is 23.2 Å². The van der Waals surface area contributed by atoms with Crippen molar-refractivity contribution >= 4 is 29.7 Å². The zero-order valence-corrected chi connectivity index (χ0v) is 23.0. The molecule has 0 amide bonds. The quantitative estimate of drug-likeness (QED) is 0.313. The molecule has 2 aromatic carbocycles. The lowest BCUT2D eigenvalue weighted by Gasteiger charge is -2.32. The summed E-state index contributed by atoms with van der Waals surface area (Å²) in [4.78, 5) is 18.5. The highest BCUT2D eigenvalue weighted by Crippen LogP contribution is 2.38. The van der Waals surface area contributed by atoms with Crippen LogP contribution in [0.1, 0.15) is 45.2 Å². The van der Waals surface area contributed by atoms with Gasteiger partial charge in [0.15, 0.2) is 5.58 Å². The Labute approximate surface area is 231 Å². The Morgan fingerprint density at radius 1 is 1.25 bits per heavy atom. The van der Waals surface area contributed by atoms with Crippen LogP contribution in [0.15, 0.2) is 34.7 Å². The molecule has 2 fully saturated rings. The van der Waals surface area contributed by atoms with Crippen LogP contribution < -0.4 is 10.2 Å². The Morgan fingerprint density at radius 3 is 2.62 bits per heavy atom. The summed E-state index contributed by atoms with van der Waals surface area (Å²) >= 11 is 0. The molecule has 2 aliphatic heterocycles. The summed E-state index contributed by atoms with van der Waals surface area (Å²) in [5, 5.41) is 10.1. The predicted octanol–water partition coefficient (Wildman–Crippen LogP) is 4.26. The van der Waals surface area contributed by atoms with Crippen molar-refractivity contribution in [3.8, 4) is 23.3 Å². The van der Waals surface area contributed by atoms with E-state index in [1.54, 1.807) is 24.3 Å². The molecule has 210 valence electrons. The number of nitriles is 1. The highest BCUT2D eigenvalue weighted by atomic mass is 19.3. The first-order valence-corrected chi connectivity index (χ1v) is 13.0. The van der Waals surface area contributed by atoms with E-state index >= 15 is 0 Å². The maximum absolute atomic E-state index is 13.3. The Kier molecular flexibility index (Phi) is 7.33. The number of ether oxygens (including phenoxy) is 2. The van der Waals surface area contributed by atoms with Crippen LogP contribution in [0, 0.1) is 17.2 Å². The molecule has 0 aliphatic carbocycles. The van der Waals surface area contributed by atoms with E-state index in [-0.39, 0.29) is 41.2 Å². The first-order chi connectivity index (χ1) is 18.9. The maximum atomic E-state index is 13.3. The zero-order valence-electron chi connectivity index (χ0n) is 23.0. The van der Waals surface area contributed by atoms with E-state index in [4.69, 9.17) is 23.2 Å². The number of carbonyl (C=O) groups excluding carboxylic acids is 1. The first-order valence-electron chi connectivity index (χ1n) is 13.0. The van der Waals surface area contributed by atoms with Crippen molar-refractivity contribution in [2.45, 2.75) is 58.5 Å². The van der Waals surface area contributed by atoms with Gasteiger partial charge >= 0.3 is 19.7 Å². The number of hydrogen-bond donors (Lipinski definition) is 0. The van der Waals surface area contributed by atoms with Gasteiger partial charge in [-0.2, -0.15) is 14.0 Å². The summed E-state index contributed by atoms with van der Waals surface area (Å²) in [5.74, 6) is -0.457. The molecule has 1 aromatic heterocycles. The Balaban J connectivity index is 1.49. The van der Waals surface area contributed by atoms with Crippen molar-refractivity contribution in [3.05, 3.63) is 41.5 Å². The SMILES string of the molecule is COC(=O)C1CCN(Cc2cc3nc(-c4cccc(B5OC(C)(C)C(C)(C)O5)c4C#N)oc3cc2OC(F)F)C1. The molecule has 0 bridgehead atoms. The Hall–Kier alpha value is -3.53. The van der Waals surface area contributed by atoms with Crippen LogP contribution in [0.5, 0.6) is 5.75 Å². The van der Waals surface area contributed by atoms with Gasteiger partial charge in [0.2, 0.25) is 5.89 Å². The number of alkyl halides is 2. The molecule has 3 heterocycles. The van der Waals surface area contributed by atoms with Crippen molar-refractivity contribution in [1.29, 1.82) is 5.26 Å². The number of hydrogen-bond acceptors (Lipinski definition) is 9. The summed E-state index contributed by atoms with van der Waals surface area (Å²) < 4.78 is 54.5. The minimum Gasteiger partial charge on any atom is -0.469 e. The largest absolute Gasteiger partial charge is 0.496 e. The van der Waals surface area contributed by atoms with E-state index in [0.717, 1.165) is 0 Å². The molecule has 3 aromatic rings. The second kappa shape index (κ2) is 10.5. The number of rotatable bonds is 7. The van der Waals surface area contributed by atoms with Gasteiger partial charge in [0.05, 0.1) is 41.4 Å². The fourth-order valence-electron chi connectivity index (χ4n) is 5.06. The molecular formula is C28H30BF2N3O6. The number of carbonyl (C=O) groups is 1. The third-order valence-electron chi connectivity index (χ3n) is 7.93. The van der Waals surface area contributed by atoms with E-state index in [1.807, 2.05) is 32.6 Å². The third-order valence-corrected chi connectivity index (χ3v) is 7.93. The van der Waals surface area contributed by atoms with Crippen molar-refractivity contribution in [3.63, 3.8) is 0 Å². The van der Waals surface area contributed by atoms with E-state index in [2.05, 4.69) is 11.1 Å². The average Bonchev–Trinajstić information content (AvgIpc) is 3.58. The van der Waals surface area contributed by atoms with Crippen molar-refractivity contribution < 1.29 is 36.8 Å². The topological polar surface area (TPSA) is 107 Å². The number of methoxy groups -OCH3 is 1. The zero-order chi connectivity index (χ0) is 28.8. The molecule has 9 nitrogen and oxygen atoms in total. The molecule has 40 heavy (non-hydrogen) atoms. The molecule has 12 heteroatoms. The summed E-state index contributed by atoms with van der Waals surface area (Å²) in [7, 11) is 0.578. The number of benzene rings is 2. The summed E-state index contributed by atoms with van der Waals surface area (Å²) in [5.41, 5.74) is 1.17.